The van der Waals surface area contributed by atoms with E-state index in [0.717, 1.165) is 29.1 Å². The molecule has 1 heterocycles. The molecule has 1 atom stereocenters. The van der Waals surface area contributed by atoms with Crippen molar-refractivity contribution < 1.29 is 0 Å². The molecule has 2 aromatic rings. The van der Waals surface area contributed by atoms with Crippen LogP contribution < -0.4 is 10.4 Å². The highest BCUT2D eigenvalue weighted by Crippen LogP contribution is 2.14. The van der Waals surface area contributed by atoms with E-state index in [4.69, 9.17) is 0 Å². The van der Waals surface area contributed by atoms with Crippen LogP contribution in [0, 0.1) is 0 Å². The van der Waals surface area contributed by atoms with Gasteiger partial charge in [-0.3, -0.25) is 14.5 Å². The van der Waals surface area contributed by atoms with Gasteiger partial charge in [0.05, 0.1) is 11.6 Å². The monoisotopic (exact) mass is 314 g/mol. The summed E-state index contributed by atoms with van der Waals surface area (Å²) in [4.78, 5) is 26.6. The average molecular weight is 315 g/mol. The van der Waals surface area contributed by atoms with Crippen molar-refractivity contribution in [1.29, 1.82) is 0 Å². The third kappa shape index (κ3) is 2.95. The number of fused-ring (bicyclic) bond motifs is 1. The minimum atomic E-state index is -0.212. The largest absolute Gasteiger partial charge is 0.311 e. The summed E-state index contributed by atoms with van der Waals surface area (Å²) in [7, 11) is 0. The zero-order valence-corrected chi connectivity index (χ0v) is 13.5. The smallest absolute Gasteiger partial charge is 0.284 e. The number of benzene rings is 1. The molecule has 0 spiro atoms. The number of halogens is 1. The second kappa shape index (κ2) is 7.02. The molecule has 0 amide bonds. The van der Waals surface area contributed by atoms with Crippen LogP contribution in [0.15, 0.2) is 33.9 Å². The zero-order chi connectivity index (χ0) is 14.0. The topological polar surface area (TPSA) is 42.3 Å². The fourth-order valence-corrected chi connectivity index (χ4v) is 3.26. The van der Waals surface area contributed by atoms with Crippen molar-refractivity contribution in [3.05, 3.63) is 44.3 Å². The van der Waals surface area contributed by atoms with Crippen molar-refractivity contribution in [2.45, 2.75) is 26.9 Å². The molecule has 0 aliphatic heterocycles. The van der Waals surface area contributed by atoms with E-state index in [0.29, 0.717) is 5.39 Å². The van der Waals surface area contributed by atoms with Gasteiger partial charge in [0.1, 0.15) is 0 Å². The van der Waals surface area contributed by atoms with Crippen LogP contribution in [0.5, 0.6) is 0 Å². The predicted octanol–water partition coefficient (Wildman–Crippen LogP) is 2.71. The number of aromatic nitrogens is 1. The summed E-state index contributed by atoms with van der Waals surface area (Å²) < 4.78 is 2.11. The van der Waals surface area contributed by atoms with E-state index in [2.05, 4.69) is 4.90 Å². The first-order chi connectivity index (χ1) is 9.10. The molecule has 110 valence electrons. The van der Waals surface area contributed by atoms with Crippen molar-refractivity contribution in [3.63, 3.8) is 0 Å². The Morgan fingerprint density at radius 1 is 1.20 bits per heavy atom. The van der Waals surface area contributed by atoms with E-state index in [1.165, 1.54) is 4.57 Å². The van der Waals surface area contributed by atoms with Crippen LogP contribution in [0.1, 0.15) is 26.9 Å². The summed E-state index contributed by atoms with van der Waals surface area (Å²) >= 11 is 1.13. The summed E-state index contributed by atoms with van der Waals surface area (Å²) in [6, 6.07) is 7.26. The van der Waals surface area contributed by atoms with E-state index in [-0.39, 0.29) is 29.0 Å². The molecule has 0 bridgehead atoms. The number of rotatable bonds is 4. The first-order valence-corrected chi connectivity index (χ1v) is 7.30. The second-order valence-electron chi connectivity index (χ2n) is 4.39. The lowest BCUT2D eigenvalue weighted by atomic mass is 10.3. The van der Waals surface area contributed by atoms with Crippen LogP contribution >= 0.6 is 23.7 Å². The van der Waals surface area contributed by atoms with Gasteiger partial charge < -0.3 is 0 Å². The molecule has 20 heavy (non-hydrogen) atoms. The molecule has 1 aromatic carbocycles. The molecule has 1 unspecified atom stereocenters. The fraction of sp³-hybridized carbons (Fsp3) is 0.429. The molecule has 0 aliphatic rings. The summed E-state index contributed by atoms with van der Waals surface area (Å²) in [5.41, 5.74) is -0.196. The van der Waals surface area contributed by atoms with E-state index >= 15 is 0 Å². The molecule has 0 fully saturated rings. The summed E-state index contributed by atoms with van der Waals surface area (Å²) in [6.07, 6.45) is -0.212. The Morgan fingerprint density at radius 2 is 1.80 bits per heavy atom. The van der Waals surface area contributed by atoms with Gasteiger partial charge in [0.2, 0.25) is 0 Å². The number of hydrogen-bond acceptors (Lipinski definition) is 4. The lowest BCUT2D eigenvalue weighted by Crippen LogP contribution is -2.42. The summed E-state index contributed by atoms with van der Waals surface area (Å²) in [5.74, 6) is 0. The maximum absolute atomic E-state index is 12.5. The second-order valence-corrected chi connectivity index (χ2v) is 5.39. The van der Waals surface area contributed by atoms with Gasteiger partial charge >= 0.3 is 4.87 Å². The highest BCUT2D eigenvalue weighted by atomic mass is 35.5. The third-order valence-corrected chi connectivity index (χ3v) is 4.39. The van der Waals surface area contributed by atoms with E-state index < -0.39 is 0 Å². The van der Waals surface area contributed by atoms with Gasteiger partial charge in [-0.1, -0.05) is 37.3 Å². The normalized spacial score (nSPS) is 12.4. The van der Waals surface area contributed by atoms with Crippen molar-refractivity contribution in [3.8, 4) is 0 Å². The Balaban J connectivity index is 0.00000200. The highest BCUT2D eigenvalue weighted by Gasteiger charge is 2.17. The molecule has 0 N–H and O–H groups in total. The van der Waals surface area contributed by atoms with Gasteiger partial charge in [-0.2, -0.15) is 0 Å². The van der Waals surface area contributed by atoms with Crippen LogP contribution in [0.25, 0.3) is 10.1 Å². The Kier molecular flexibility index (Phi) is 5.92. The maximum Gasteiger partial charge on any atom is 0.311 e. The van der Waals surface area contributed by atoms with Crippen molar-refractivity contribution >= 4 is 33.8 Å². The molecule has 0 saturated heterocycles. The van der Waals surface area contributed by atoms with Crippen molar-refractivity contribution in [1.82, 2.24) is 9.47 Å². The SMILES string of the molecule is CCN(CC)C(C)n1c(=O)sc2ccccc2c1=O.Cl. The Hall–Kier alpha value is -1.17. The number of hydrogen-bond donors (Lipinski definition) is 0. The van der Waals surface area contributed by atoms with Gasteiger partial charge in [0.15, 0.2) is 0 Å². The lowest BCUT2D eigenvalue weighted by molar-refractivity contribution is 0.166. The maximum atomic E-state index is 12.5. The van der Waals surface area contributed by atoms with Gasteiger partial charge in [0.25, 0.3) is 5.56 Å². The van der Waals surface area contributed by atoms with Crippen LogP contribution in [0.2, 0.25) is 0 Å². The quantitative estimate of drug-likeness (QED) is 0.871. The lowest BCUT2D eigenvalue weighted by Gasteiger charge is -2.27. The minimum Gasteiger partial charge on any atom is -0.284 e. The van der Waals surface area contributed by atoms with Crippen molar-refractivity contribution in [2.75, 3.05) is 13.1 Å². The zero-order valence-electron chi connectivity index (χ0n) is 11.8. The molecule has 1 aromatic heterocycles. The Bertz CT molecular complexity index is 691. The molecular formula is C14H19ClN2O2S. The average Bonchev–Trinajstić information content (AvgIpc) is 2.40. The standard InChI is InChI=1S/C14H18N2O2S.ClH/c1-4-15(5-2)10(3)16-13(17)11-8-6-7-9-12(11)19-14(16)18;/h6-10H,4-5H2,1-3H3;1H. The van der Waals surface area contributed by atoms with Crippen LogP contribution in [0.4, 0.5) is 0 Å². The molecule has 4 nitrogen and oxygen atoms in total. The Labute approximate surface area is 128 Å². The summed E-state index contributed by atoms with van der Waals surface area (Å²) in [6.45, 7) is 7.57. The van der Waals surface area contributed by atoms with Gasteiger partial charge in [-0.25, -0.2) is 4.57 Å². The van der Waals surface area contributed by atoms with Crippen molar-refractivity contribution in [2.24, 2.45) is 0 Å². The van der Waals surface area contributed by atoms with Gasteiger partial charge in [-0.05, 0) is 32.1 Å². The number of nitrogens with zero attached hydrogens (tertiary/aromatic N) is 2. The van der Waals surface area contributed by atoms with E-state index in [1.54, 1.807) is 6.07 Å². The third-order valence-electron chi connectivity index (χ3n) is 3.44. The molecule has 0 radical (unpaired) electrons. The first kappa shape index (κ1) is 16.9. The van der Waals surface area contributed by atoms with Crippen LogP contribution in [-0.2, 0) is 0 Å². The fourth-order valence-electron chi connectivity index (χ4n) is 2.33. The molecule has 0 saturated carbocycles. The molecule has 6 heteroatoms. The van der Waals surface area contributed by atoms with Gasteiger partial charge in [-0.15, -0.1) is 12.4 Å². The first-order valence-electron chi connectivity index (χ1n) is 6.48. The molecule has 0 aliphatic carbocycles. The van der Waals surface area contributed by atoms with Crippen LogP contribution in [0.3, 0.4) is 0 Å². The highest BCUT2D eigenvalue weighted by molar-refractivity contribution is 7.16. The van der Waals surface area contributed by atoms with Crippen LogP contribution in [-0.4, -0.2) is 22.6 Å². The predicted molar refractivity (Wildman–Crippen MR) is 87.2 cm³/mol. The summed E-state index contributed by atoms with van der Waals surface area (Å²) in [5, 5.41) is 0.617. The van der Waals surface area contributed by atoms with E-state index in [9.17, 15) is 9.59 Å². The molecule has 2 rings (SSSR count). The Morgan fingerprint density at radius 3 is 2.40 bits per heavy atom. The minimum absolute atomic E-state index is 0. The molecular weight excluding hydrogens is 296 g/mol. The van der Waals surface area contributed by atoms with Gasteiger partial charge in [0, 0.05) is 4.70 Å². The van der Waals surface area contributed by atoms with E-state index in [1.807, 2.05) is 39.0 Å².